The molecule has 0 bridgehead atoms. The fourth-order valence-electron chi connectivity index (χ4n) is 3.98. The van der Waals surface area contributed by atoms with E-state index in [-0.39, 0.29) is 12.1 Å². The first-order chi connectivity index (χ1) is 14.0. The van der Waals surface area contributed by atoms with Gasteiger partial charge in [-0.3, -0.25) is 0 Å². The minimum Gasteiger partial charge on any atom is -0.391 e. The van der Waals surface area contributed by atoms with Gasteiger partial charge in [0.1, 0.15) is 23.8 Å². The second kappa shape index (κ2) is 8.34. The summed E-state index contributed by atoms with van der Waals surface area (Å²) in [5.74, 6) is 2.71. The molecule has 3 aromatic rings. The molecule has 0 unspecified atom stereocenters. The first-order valence-corrected chi connectivity index (χ1v) is 10.1. The van der Waals surface area contributed by atoms with Crippen molar-refractivity contribution in [3.05, 3.63) is 42.5 Å². The summed E-state index contributed by atoms with van der Waals surface area (Å²) in [7, 11) is 6.14. The fraction of sp³-hybridized carbons (Fsp3) is 0.476. The van der Waals surface area contributed by atoms with Crippen LogP contribution in [0.15, 0.2) is 36.7 Å². The number of aromatic nitrogens is 4. The van der Waals surface area contributed by atoms with Crippen LogP contribution in [0.1, 0.15) is 12.2 Å². The van der Waals surface area contributed by atoms with E-state index in [1.165, 1.54) is 0 Å². The van der Waals surface area contributed by atoms with Crippen LogP contribution >= 0.6 is 0 Å². The highest BCUT2D eigenvalue weighted by Crippen LogP contribution is 2.26. The summed E-state index contributed by atoms with van der Waals surface area (Å²) < 4.78 is 0. The summed E-state index contributed by atoms with van der Waals surface area (Å²) in [6.45, 7) is 2.29. The Kier molecular flexibility index (Phi) is 5.64. The molecule has 3 heterocycles. The van der Waals surface area contributed by atoms with E-state index in [2.05, 4.69) is 48.7 Å². The van der Waals surface area contributed by atoms with Crippen molar-refractivity contribution < 1.29 is 5.11 Å². The summed E-state index contributed by atoms with van der Waals surface area (Å²) in [6.07, 6.45) is 2.86. The van der Waals surface area contributed by atoms with Crippen molar-refractivity contribution in [2.24, 2.45) is 0 Å². The van der Waals surface area contributed by atoms with Crippen molar-refractivity contribution in [2.75, 3.05) is 50.6 Å². The molecule has 1 aliphatic rings. The maximum atomic E-state index is 10.2. The Balaban J connectivity index is 1.44. The number of nitrogens with one attached hydrogen (secondary N) is 1. The largest absolute Gasteiger partial charge is 0.391 e. The van der Waals surface area contributed by atoms with Gasteiger partial charge in [-0.2, -0.15) is 0 Å². The van der Waals surface area contributed by atoms with Crippen molar-refractivity contribution in [1.82, 2.24) is 24.8 Å². The number of fused-ring (bicyclic) bond motifs is 1. The lowest BCUT2D eigenvalue weighted by Crippen LogP contribution is -2.38. The third kappa shape index (κ3) is 4.49. The smallest absolute Gasteiger partial charge is 0.134 e. The minimum atomic E-state index is -0.316. The van der Waals surface area contributed by atoms with Gasteiger partial charge in [-0.1, -0.05) is 12.1 Å². The Morgan fingerprint density at radius 1 is 1.21 bits per heavy atom. The summed E-state index contributed by atoms with van der Waals surface area (Å²) in [5, 5.41) is 10.2. The topological polar surface area (TPSA) is 84.4 Å². The number of likely N-dealkylation sites (N-methyl/N-ethyl adjacent to an activating group) is 2. The Morgan fingerprint density at radius 3 is 2.83 bits per heavy atom. The Morgan fingerprint density at radius 2 is 2.03 bits per heavy atom. The molecule has 0 radical (unpaired) electrons. The number of para-hydroxylation sites is 2. The van der Waals surface area contributed by atoms with Gasteiger partial charge in [0.25, 0.3) is 0 Å². The summed E-state index contributed by atoms with van der Waals surface area (Å²) in [5.41, 5.74) is 2.06. The number of hydrogen-bond donors (Lipinski definition) is 2. The first-order valence-electron chi connectivity index (χ1n) is 10.1. The summed E-state index contributed by atoms with van der Waals surface area (Å²) >= 11 is 0. The number of hydrogen-bond acceptors (Lipinski definition) is 7. The molecule has 154 valence electrons. The summed E-state index contributed by atoms with van der Waals surface area (Å²) in [4.78, 5) is 23.4. The Hall–Kier alpha value is -2.71. The monoisotopic (exact) mass is 395 g/mol. The predicted octanol–water partition coefficient (Wildman–Crippen LogP) is 1.53. The highest BCUT2D eigenvalue weighted by molar-refractivity contribution is 5.74. The van der Waals surface area contributed by atoms with Crippen molar-refractivity contribution in [3.8, 4) is 0 Å². The second-order valence-corrected chi connectivity index (χ2v) is 8.06. The molecule has 4 rings (SSSR count). The minimum absolute atomic E-state index is 0.253. The van der Waals surface area contributed by atoms with Gasteiger partial charge in [0.15, 0.2) is 0 Å². The van der Waals surface area contributed by atoms with Gasteiger partial charge in [-0.25, -0.2) is 15.0 Å². The van der Waals surface area contributed by atoms with Crippen LogP contribution in [-0.4, -0.2) is 82.9 Å². The molecule has 8 heteroatoms. The van der Waals surface area contributed by atoms with Gasteiger partial charge in [-0.15, -0.1) is 0 Å². The lowest BCUT2D eigenvalue weighted by molar-refractivity contribution is 0.191. The highest BCUT2D eigenvalue weighted by atomic mass is 16.3. The second-order valence-electron chi connectivity index (χ2n) is 8.06. The van der Waals surface area contributed by atoms with Crippen LogP contribution < -0.4 is 9.80 Å². The van der Waals surface area contributed by atoms with Crippen LogP contribution in [0, 0.1) is 0 Å². The molecule has 0 saturated carbocycles. The number of H-pyrrole nitrogens is 1. The van der Waals surface area contributed by atoms with E-state index < -0.39 is 0 Å². The van der Waals surface area contributed by atoms with Crippen molar-refractivity contribution in [1.29, 1.82) is 0 Å². The number of nitrogens with zero attached hydrogens (tertiary/aromatic N) is 6. The molecule has 2 aromatic heterocycles. The van der Waals surface area contributed by atoms with Gasteiger partial charge in [0.2, 0.25) is 0 Å². The number of rotatable bonds is 7. The fourth-order valence-corrected chi connectivity index (χ4v) is 3.98. The zero-order valence-corrected chi connectivity index (χ0v) is 17.3. The molecule has 1 fully saturated rings. The normalized spacial score (nSPS) is 19.4. The van der Waals surface area contributed by atoms with Crippen LogP contribution in [-0.2, 0) is 6.42 Å². The third-order valence-electron chi connectivity index (χ3n) is 5.41. The molecule has 29 heavy (non-hydrogen) atoms. The van der Waals surface area contributed by atoms with Gasteiger partial charge in [0, 0.05) is 45.2 Å². The molecule has 0 amide bonds. The average molecular weight is 396 g/mol. The van der Waals surface area contributed by atoms with Crippen molar-refractivity contribution in [2.45, 2.75) is 25.0 Å². The molecular formula is C21H29N7O. The van der Waals surface area contributed by atoms with E-state index in [9.17, 15) is 5.11 Å². The van der Waals surface area contributed by atoms with Crippen LogP contribution in [0.25, 0.3) is 11.0 Å². The molecule has 1 aliphatic heterocycles. The number of aromatic amines is 1. The molecule has 1 saturated heterocycles. The number of imidazole rings is 1. The Labute approximate surface area is 171 Å². The van der Waals surface area contributed by atoms with Crippen molar-refractivity contribution in [3.63, 3.8) is 0 Å². The number of benzene rings is 1. The standard InChI is InChI=1S/C21H29N7O/c1-26(2)12-15-10-16(29)13-28(15)21-11-20(22-14-23-21)27(3)9-8-19-24-17-6-4-5-7-18(17)25-19/h4-7,11,14-16,29H,8-10,12-13H2,1-3H3,(H,24,25)/t15-,16-/m1/s1. The summed E-state index contributed by atoms with van der Waals surface area (Å²) in [6, 6.07) is 10.3. The molecule has 0 aliphatic carbocycles. The quantitative estimate of drug-likeness (QED) is 0.628. The molecule has 1 aromatic carbocycles. The first kappa shape index (κ1) is 19.6. The third-order valence-corrected chi connectivity index (χ3v) is 5.41. The van der Waals surface area contributed by atoms with Crippen LogP contribution in [0.2, 0.25) is 0 Å². The number of anilines is 2. The molecule has 2 atom stereocenters. The lowest BCUT2D eigenvalue weighted by atomic mass is 10.2. The van der Waals surface area contributed by atoms with Gasteiger partial charge >= 0.3 is 0 Å². The number of aliphatic hydroxyl groups excluding tert-OH is 1. The van der Waals surface area contributed by atoms with E-state index in [1.807, 2.05) is 37.4 Å². The zero-order valence-electron chi connectivity index (χ0n) is 17.3. The van der Waals surface area contributed by atoms with E-state index in [0.717, 1.165) is 54.4 Å². The maximum Gasteiger partial charge on any atom is 0.134 e. The van der Waals surface area contributed by atoms with Gasteiger partial charge in [-0.05, 0) is 32.6 Å². The number of aliphatic hydroxyl groups is 1. The van der Waals surface area contributed by atoms with Crippen LogP contribution in [0.4, 0.5) is 11.6 Å². The zero-order chi connectivity index (χ0) is 20.4. The van der Waals surface area contributed by atoms with E-state index in [4.69, 9.17) is 0 Å². The molecule has 0 spiro atoms. The SMILES string of the molecule is CN(C)C[C@H]1C[C@@H](O)CN1c1cc(N(C)CCc2nc3ccccc3[nH]2)ncn1. The van der Waals surface area contributed by atoms with Crippen LogP contribution in [0.3, 0.4) is 0 Å². The Bertz CT molecular complexity index is 924. The van der Waals surface area contributed by atoms with Gasteiger partial charge in [0.05, 0.1) is 17.1 Å². The van der Waals surface area contributed by atoms with Crippen LogP contribution in [0.5, 0.6) is 0 Å². The molecular weight excluding hydrogens is 366 g/mol. The molecule has 8 nitrogen and oxygen atoms in total. The highest BCUT2D eigenvalue weighted by Gasteiger charge is 2.32. The van der Waals surface area contributed by atoms with E-state index in [0.29, 0.717) is 6.54 Å². The molecule has 2 N–H and O–H groups in total. The van der Waals surface area contributed by atoms with Gasteiger partial charge < -0.3 is 24.8 Å². The number of β-amino-alcohol motifs (C(OH)–C–C–N with tert-alkyl or cyclic N) is 1. The predicted molar refractivity (Wildman–Crippen MR) is 115 cm³/mol. The van der Waals surface area contributed by atoms with Crippen molar-refractivity contribution >= 4 is 22.7 Å². The van der Waals surface area contributed by atoms with E-state index in [1.54, 1.807) is 6.33 Å². The maximum absolute atomic E-state index is 10.2. The van der Waals surface area contributed by atoms with E-state index >= 15 is 0 Å². The lowest BCUT2D eigenvalue weighted by Gasteiger charge is -2.28. The average Bonchev–Trinajstić information content (AvgIpc) is 3.28.